The van der Waals surface area contributed by atoms with Crippen molar-refractivity contribution >= 4 is 17.6 Å². The van der Waals surface area contributed by atoms with Gasteiger partial charge in [0.2, 0.25) is 0 Å². The molecule has 1 fully saturated rings. The Morgan fingerprint density at radius 3 is 2.41 bits per heavy atom. The molecule has 0 radical (unpaired) electrons. The van der Waals surface area contributed by atoms with Crippen molar-refractivity contribution in [3.8, 4) is 11.1 Å². The SMILES string of the molecule is O=C(COC(=O)C1CC1)Nc1ccccc1-c1ccccc1. The molecule has 22 heavy (non-hydrogen) atoms. The molecule has 4 nitrogen and oxygen atoms in total. The molecule has 0 heterocycles. The Hall–Kier alpha value is -2.62. The third-order valence-electron chi connectivity index (χ3n) is 3.54. The minimum Gasteiger partial charge on any atom is -0.455 e. The van der Waals surface area contributed by atoms with Crippen LogP contribution in [0.15, 0.2) is 54.6 Å². The van der Waals surface area contributed by atoms with Crippen molar-refractivity contribution in [2.75, 3.05) is 11.9 Å². The van der Waals surface area contributed by atoms with Gasteiger partial charge < -0.3 is 10.1 Å². The Labute approximate surface area is 129 Å². The lowest BCUT2D eigenvalue weighted by Crippen LogP contribution is -2.21. The summed E-state index contributed by atoms with van der Waals surface area (Å²) >= 11 is 0. The largest absolute Gasteiger partial charge is 0.455 e. The zero-order chi connectivity index (χ0) is 15.4. The highest BCUT2D eigenvalue weighted by atomic mass is 16.5. The summed E-state index contributed by atoms with van der Waals surface area (Å²) in [5.74, 6) is -0.590. The highest BCUT2D eigenvalue weighted by molar-refractivity contribution is 5.97. The number of ether oxygens (including phenoxy) is 1. The number of benzene rings is 2. The lowest BCUT2D eigenvalue weighted by atomic mass is 10.0. The van der Waals surface area contributed by atoms with E-state index in [9.17, 15) is 9.59 Å². The fourth-order valence-electron chi connectivity index (χ4n) is 2.22. The van der Waals surface area contributed by atoms with Gasteiger partial charge in [-0.25, -0.2) is 0 Å². The molecule has 3 rings (SSSR count). The van der Waals surface area contributed by atoms with Crippen molar-refractivity contribution in [3.63, 3.8) is 0 Å². The van der Waals surface area contributed by atoms with Crippen LogP contribution in [-0.4, -0.2) is 18.5 Å². The molecule has 1 amide bonds. The average Bonchev–Trinajstić information content (AvgIpc) is 3.39. The second-order valence-corrected chi connectivity index (χ2v) is 5.34. The molecule has 4 heteroatoms. The molecule has 0 aliphatic heterocycles. The number of carbonyl (C=O) groups excluding carboxylic acids is 2. The van der Waals surface area contributed by atoms with Crippen LogP contribution in [0.4, 0.5) is 5.69 Å². The van der Waals surface area contributed by atoms with Crippen LogP contribution in [0, 0.1) is 5.92 Å². The van der Waals surface area contributed by atoms with Gasteiger partial charge in [0.15, 0.2) is 6.61 Å². The summed E-state index contributed by atoms with van der Waals surface area (Å²) in [6.07, 6.45) is 1.74. The Bertz CT molecular complexity index is 678. The van der Waals surface area contributed by atoms with E-state index in [1.165, 1.54) is 0 Å². The van der Waals surface area contributed by atoms with Gasteiger partial charge in [0.25, 0.3) is 5.91 Å². The van der Waals surface area contributed by atoms with Crippen molar-refractivity contribution in [1.29, 1.82) is 0 Å². The summed E-state index contributed by atoms with van der Waals surface area (Å²) in [6, 6.07) is 17.4. The zero-order valence-corrected chi connectivity index (χ0v) is 12.1. The molecule has 1 saturated carbocycles. The highest BCUT2D eigenvalue weighted by Gasteiger charge is 2.31. The number of carbonyl (C=O) groups is 2. The maximum absolute atomic E-state index is 12.0. The monoisotopic (exact) mass is 295 g/mol. The Kier molecular flexibility index (Phi) is 4.19. The predicted molar refractivity (Wildman–Crippen MR) is 84.2 cm³/mol. The van der Waals surface area contributed by atoms with Crippen molar-refractivity contribution in [2.45, 2.75) is 12.8 Å². The lowest BCUT2D eigenvalue weighted by Gasteiger charge is -2.11. The average molecular weight is 295 g/mol. The van der Waals surface area contributed by atoms with Gasteiger partial charge in [-0.15, -0.1) is 0 Å². The molecule has 2 aromatic rings. The number of nitrogens with one attached hydrogen (secondary N) is 1. The van der Waals surface area contributed by atoms with Crippen molar-refractivity contribution in [2.24, 2.45) is 5.92 Å². The van der Waals surface area contributed by atoms with Gasteiger partial charge >= 0.3 is 5.97 Å². The van der Waals surface area contributed by atoms with E-state index in [1.807, 2.05) is 54.6 Å². The summed E-state index contributed by atoms with van der Waals surface area (Å²) in [5, 5.41) is 2.81. The van der Waals surface area contributed by atoms with E-state index < -0.39 is 0 Å². The summed E-state index contributed by atoms with van der Waals surface area (Å²) in [6.45, 7) is -0.238. The second-order valence-electron chi connectivity index (χ2n) is 5.34. The number of hydrogen-bond acceptors (Lipinski definition) is 3. The van der Waals surface area contributed by atoms with Crippen LogP contribution in [0.25, 0.3) is 11.1 Å². The Morgan fingerprint density at radius 1 is 1.00 bits per heavy atom. The quantitative estimate of drug-likeness (QED) is 0.861. The molecule has 0 bridgehead atoms. The van der Waals surface area contributed by atoms with E-state index in [-0.39, 0.29) is 24.4 Å². The molecule has 1 aliphatic carbocycles. The smallest absolute Gasteiger partial charge is 0.309 e. The minimum atomic E-state index is -0.322. The molecular weight excluding hydrogens is 278 g/mol. The number of esters is 1. The molecule has 0 saturated heterocycles. The van der Waals surface area contributed by atoms with E-state index >= 15 is 0 Å². The molecule has 0 aromatic heterocycles. The van der Waals surface area contributed by atoms with Crippen molar-refractivity contribution in [3.05, 3.63) is 54.6 Å². The lowest BCUT2D eigenvalue weighted by molar-refractivity contribution is -0.148. The van der Waals surface area contributed by atoms with Gasteiger partial charge in [-0.1, -0.05) is 48.5 Å². The number of para-hydroxylation sites is 1. The number of amides is 1. The maximum atomic E-state index is 12.0. The number of anilines is 1. The highest BCUT2D eigenvalue weighted by Crippen LogP contribution is 2.30. The fraction of sp³-hybridized carbons (Fsp3) is 0.222. The van der Waals surface area contributed by atoms with Crippen LogP contribution in [0.3, 0.4) is 0 Å². The van der Waals surface area contributed by atoms with Crippen LogP contribution >= 0.6 is 0 Å². The summed E-state index contributed by atoms with van der Waals surface area (Å²) < 4.78 is 4.99. The van der Waals surface area contributed by atoms with Crippen molar-refractivity contribution in [1.82, 2.24) is 0 Å². The molecule has 0 unspecified atom stereocenters. The number of hydrogen-bond donors (Lipinski definition) is 1. The van der Waals surface area contributed by atoms with E-state index in [0.29, 0.717) is 5.69 Å². The van der Waals surface area contributed by atoms with Crippen LogP contribution < -0.4 is 5.32 Å². The van der Waals surface area contributed by atoms with Gasteiger partial charge in [0, 0.05) is 11.3 Å². The topological polar surface area (TPSA) is 55.4 Å². The molecule has 1 N–H and O–H groups in total. The first kappa shape index (κ1) is 14.3. The van der Waals surface area contributed by atoms with Gasteiger partial charge in [0.1, 0.15) is 0 Å². The first-order valence-electron chi connectivity index (χ1n) is 7.35. The minimum absolute atomic E-state index is 0.00408. The van der Waals surface area contributed by atoms with Gasteiger partial charge in [-0.2, -0.15) is 0 Å². The van der Waals surface area contributed by atoms with Crippen LogP contribution in [-0.2, 0) is 14.3 Å². The van der Waals surface area contributed by atoms with E-state index in [1.54, 1.807) is 0 Å². The summed E-state index contributed by atoms with van der Waals surface area (Å²) in [5.41, 5.74) is 2.67. The Balaban J connectivity index is 1.67. The molecule has 0 spiro atoms. The summed E-state index contributed by atoms with van der Waals surface area (Å²) in [4.78, 5) is 23.4. The molecular formula is C18H17NO3. The van der Waals surface area contributed by atoms with Gasteiger partial charge in [0.05, 0.1) is 5.92 Å². The third-order valence-corrected chi connectivity index (χ3v) is 3.54. The first-order valence-corrected chi connectivity index (χ1v) is 7.35. The zero-order valence-electron chi connectivity index (χ0n) is 12.1. The maximum Gasteiger partial charge on any atom is 0.309 e. The normalized spacial score (nSPS) is 13.5. The molecule has 112 valence electrons. The molecule has 0 atom stereocenters. The summed E-state index contributed by atoms with van der Waals surface area (Å²) in [7, 11) is 0. The first-order chi connectivity index (χ1) is 10.7. The van der Waals surface area contributed by atoms with Gasteiger partial charge in [-0.05, 0) is 24.5 Å². The van der Waals surface area contributed by atoms with E-state index in [4.69, 9.17) is 4.74 Å². The van der Waals surface area contributed by atoms with Crippen LogP contribution in [0.1, 0.15) is 12.8 Å². The van der Waals surface area contributed by atoms with Crippen LogP contribution in [0.5, 0.6) is 0 Å². The van der Waals surface area contributed by atoms with Crippen molar-refractivity contribution < 1.29 is 14.3 Å². The third kappa shape index (κ3) is 3.52. The standard InChI is InChI=1S/C18H17NO3/c20-17(12-22-18(21)14-10-11-14)19-16-9-5-4-8-15(16)13-6-2-1-3-7-13/h1-9,14H,10-12H2,(H,19,20). The second kappa shape index (κ2) is 6.43. The van der Waals surface area contributed by atoms with E-state index in [2.05, 4.69) is 5.32 Å². The Morgan fingerprint density at radius 2 is 1.68 bits per heavy atom. The molecule has 1 aliphatic rings. The van der Waals surface area contributed by atoms with Crippen LogP contribution in [0.2, 0.25) is 0 Å². The fourth-order valence-corrected chi connectivity index (χ4v) is 2.22. The molecule has 2 aromatic carbocycles. The number of rotatable bonds is 5. The van der Waals surface area contributed by atoms with Gasteiger partial charge in [-0.3, -0.25) is 9.59 Å². The predicted octanol–water partition coefficient (Wildman–Crippen LogP) is 3.25. The van der Waals surface area contributed by atoms with E-state index in [0.717, 1.165) is 24.0 Å².